The van der Waals surface area contributed by atoms with E-state index in [2.05, 4.69) is 20.7 Å². The fraction of sp³-hybridized carbons (Fsp3) is 0.455. The molecule has 0 aliphatic rings. The Bertz CT molecular complexity index is 517. The SMILES string of the molecule is COCCCS(=O)(=O)Nc1cc(N)c(C)cc1Br. The van der Waals surface area contributed by atoms with E-state index in [4.69, 9.17) is 10.5 Å². The van der Waals surface area contributed by atoms with Crippen LogP contribution in [-0.2, 0) is 14.8 Å². The fourth-order valence-electron chi connectivity index (χ4n) is 1.38. The summed E-state index contributed by atoms with van der Waals surface area (Å²) >= 11 is 3.31. The molecule has 0 heterocycles. The van der Waals surface area contributed by atoms with Crippen LogP contribution < -0.4 is 10.5 Å². The maximum Gasteiger partial charge on any atom is 0.232 e. The first-order valence-electron chi connectivity index (χ1n) is 5.41. The highest BCUT2D eigenvalue weighted by atomic mass is 79.9. The summed E-state index contributed by atoms with van der Waals surface area (Å²) in [6.45, 7) is 2.27. The average Bonchev–Trinajstić information content (AvgIpc) is 2.26. The van der Waals surface area contributed by atoms with Crippen molar-refractivity contribution in [3.8, 4) is 0 Å². The molecule has 1 aromatic carbocycles. The predicted octanol–water partition coefficient (Wildman–Crippen LogP) is 2.12. The molecule has 0 aliphatic carbocycles. The minimum absolute atomic E-state index is 0.0149. The Balaban J connectivity index is 2.81. The van der Waals surface area contributed by atoms with Crippen LogP contribution in [0.5, 0.6) is 0 Å². The molecule has 7 heteroatoms. The molecular formula is C11H17BrN2O3S. The highest BCUT2D eigenvalue weighted by Crippen LogP contribution is 2.28. The van der Waals surface area contributed by atoms with E-state index in [0.29, 0.717) is 28.9 Å². The van der Waals surface area contributed by atoms with Crippen molar-refractivity contribution < 1.29 is 13.2 Å². The summed E-state index contributed by atoms with van der Waals surface area (Å²) in [5.41, 5.74) is 7.65. The number of sulfonamides is 1. The highest BCUT2D eigenvalue weighted by Gasteiger charge is 2.13. The second-order valence-corrected chi connectivity index (χ2v) is 6.65. The molecule has 0 aromatic heterocycles. The second-order valence-electron chi connectivity index (χ2n) is 3.96. The number of rotatable bonds is 6. The lowest BCUT2D eigenvalue weighted by Gasteiger charge is -2.11. The van der Waals surface area contributed by atoms with Crippen molar-refractivity contribution in [2.75, 3.05) is 29.9 Å². The lowest BCUT2D eigenvalue weighted by molar-refractivity contribution is 0.199. The molecule has 0 amide bonds. The van der Waals surface area contributed by atoms with Gasteiger partial charge in [0.1, 0.15) is 0 Å². The lowest BCUT2D eigenvalue weighted by atomic mass is 10.2. The van der Waals surface area contributed by atoms with Gasteiger partial charge in [-0.1, -0.05) is 0 Å². The molecule has 0 bridgehead atoms. The van der Waals surface area contributed by atoms with Crippen LogP contribution in [0.2, 0.25) is 0 Å². The maximum atomic E-state index is 11.8. The Labute approximate surface area is 116 Å². The van der Waals surface area contributed by atoms with Crippen molar-refractivity contribution in [3.05, 3.63) is 22.2 Å². The zero-order chi connectivity index (χ0) is 13.8. The van der Waals surface area contributed by atoms with Crippen molar-refractivity contribution in [3.63, 3.8) is 0 Å². The number of anilines is 2. The van der Waals surface area contributed by atoms with Crippen LogP contribution in [0.15, 0.2) is 16.6 Å². The molecule has 0 fully saturated rings. The van der Waals surface area contributed by atoms with Crippen LogP contribution in [0.4, 0.5) is 11.4 Å². The van der Waals surface area contributed by atoms with E-state index in [1.54, 1.807) is 12.1 Å². The first-order chi connectivity index (χ1) is 8.35. The van der Waals surface area contributed by atoms with Gasteiger partial charge in [-0.2, -0.15) is 0 Å². The van der Waals surface area contributed by atoms with E-state index < -0.39 is 10.0 Å². The third-order valence-electron chi connectivity index (χ3n) is 2.38. The molecule has 18 heavy (non-hydrogen) atoms. The van der Waals surface area contributed by atoms with Crippen LogP contribution in [0.3, 0.4) is 0 Å². The van der Waals surface area contributed by atoms with E-state index in [9.17, 15) is 8.42 Å². The Kier molecular flexibility index (Phi) is 5.43. The van der Waals surface area contributed by atoms with Gasteiger partial charge in [0.15, 0.2) is 0 Å². The van der Waals surface area contributed by atoms with E-state index in [0.717, 1.165) is 5.56 Å². The fourth-order valence-corrected chi connectivity index (χ4v) is 3.17. The number of halogens is 1. The summed E-state index contributed by atoms with van der Waals surface area (Å²) in [6, 6.07) is 3.38. The van der Waals surface area contributed by atoms with Gasteiger partial charge in [-0.15, -0.1) is 0 Å². The largest absolute Gasteiger partial charge is 0.398 e. The molecule has 1 aromatic rings. The Hall–Kier alpha value is -0.790. The number of methoxy groups -OCH3 is 1. The van der Waals surface area contributed by atoms with Crippen LogP contribution in [-0.4, -0.2) is 27.9 Å². The van der Waals surface area contributed by atoms with Gasteiger partial charge < -0.3 is 10.5 Å². The van der Waals surface area contributed by atoms with Crippen molar-refractivity contribution in [1.29, 1.82) is 0 Å². The zero-order valence-electron chi connectivity index (χ0n) is 10.4. The van der Waals surface area contributed by atoms with E-state index >= 15 is 0 Å². The number of nitrogen functional groups attached to an aromatic ring is 1. The Morgan fingerprint density at radius 3 is 2.72 bits per heavy atom. The van der Waals surface area contributed by atoms with Gasteiger partial charge in [0.2, 0.25) is 10.0 Å². The van der Waals surface area contributed by atoms with Crippen LogP contribution in [0.25, 0.3) is 0 Å². The summed E-state index contributed by atoms with van der Waals surface area (Å²) in [5, 5.41) is 0. The molecule has 0 spiro atoms. The minimum Gasteiger partial charge on any atom is -0.398 e. The van der Waals surface area contributed by atoms with Gasteiger partial charge in [0, 0.05) is 23.9 Å². The number of aryl methyl sites for hydroxylation is 1. The Morgan fingerprint density at radius 2 is 2.11 bits per heavy atom. The third-order valence-corrected chi connectivity index (χ3v) is 4.40. The quantitative estimate of drug-likeness (QED) is 0.615. The van der Waals surface area contributed by atoms with E-state index in [-0.39, 0.29) is 5.75 Å². The molecule has 102 valence electrons. The third kappa shape index (κ3) is 4.47. The second kappa shape index (κ2) is 6.40. The summed E-state index contributed by atoms with van der Waals surface area (Å²) in [4.78, 5) is 0. The first kappa shape index (κ1) is 15.3. The molecule has 0 atom stereocenters. The van der Waals surface area contributed by atoms with E-state index in [1.165, 1.54) is 7.11 Å². The molecule has 0 saturated carbocycles. The zero-order valence-corrected chi connectivity index (χ0v) is 12.8. The van der Waals surface area contributed by atoms with Gasteiger partial charge in [-0.3, -0.25) is 4.72 Å². The summed E-state index contributed by atoms with van der Waals surface area (Å²) < 4.78 is 31.6. The number of ether oxygens (including phenoxy) is 1. The molecule has 3 N–H and O–H groups in total. The Morgan fingerprint density at radius 1 is 1.44 bits per heavy atom. The van der Waals surface area contributed by atoms with Gasteiger partial charge in [0.25, 0.3) is 0 Å². The molecule has 5 nitrogen and oxygen atoms in total. The number of hydrogen-bond acceptors (Lipinski definition) is 4. The van der Waals surface area contributed by atoms with Crippen LogP contribution in [0, 0.1) is 6.92 Å². The molecular weight excluding hydrogens is 320 g/mol. The molecule has 0 aliphatic heterocycles. The topological polar surface area (TPSA) is 81.4 Å². The minimum atomic E-state index is -3.37. The molecule has 1 rings (SSSR count). The van der Waals surface area contributed by atoms with Crippen LogP contribution in [0.1, 0.15) is 12.0 Å². The number of nitrogens with one attached hydrogen (secondary N) is 1. The van der Waals surface area contributed by atoms with Crippen molar-refractivity contribution in [2.45, 2.75) is 13.3 Å². The van der Waals surface area contributed by atoms with Gasteiger partial charge in [0.05, 0.1) is 11.4 Å². The smallest absolute Gasteiger partial charge is 0.232 e. The molecule has 0 radical (unpaired) electrons. The summed E-state index contributed by atoms with van der Waals surface area (Å²) in [6.07, 6.45) is 0.449. The normalized spacial score (nSPS) is 11.5. The standard InChI is InChI=1S/C11H17BrN2O3S/c1-8-6-9(12)11(7-10(8)13)14-18(15,16)5-3-4-17-2/h6-7,14H,3-5,13H2,1-2H3. The summed E-state index contributed by atoms with van der Waals surface area (Å²) in [7, 11) is -1.84. The average molecular weight is 337 g/mol. The molecule has 0 saturated heterocycles. The van der Waals surface area contributed by atoms with Gasteiger partial charge in [-0.25, -0.2) is 8.42 Å². The number of hydrogen-bond donors (Lipinski definition) is 2. The van der Waals surface area contributed by atoms with Crippen molar-refractivity contribution >= 4 is 37.3 Å². The van der Waals surface area contributed by atoms with Crippen molar-refractivity contribution in [2.24, 2.45) is 0 Å². The predicted molar refractivity (Wildman–Crippen MR) is 77.2 cm³/mol. The monoisotopic (exact) mass is 336 g/mol. The number of nitrogens with two attached hydrogens (primary N) is 1. The van der Waals surface area contributed by atoms with Crippen LogP contribution >= 0.6 is 15.9 Å². The first-order valence-corrected chi connectivity index (χ1v) is 7.85. The lowest BCUT2D eigenvalue weighted by Crippen LogP contribution is -2.18. The molecule has 0 unspecified atom stereocenters. The maximum absolute atomic E-state index is 11.8. The highest BCUT2D eigenvalue weighted by molar-refractivity contribution is 9.10. The van der Waals surface area contributed by atoms with Gasteiger partial charge in [-0.05, 0) is 47.0 Å². The van der Waals surface area contributed by atoms with Gasteiger partial charge >= 0.3 is 0 Å². The van der Waals surface area contributed by atoms with Crippen molar-refractivity contribution in [1.82, 2.24) is 0 Å². The number of benzene rings is 1. The summed E-state index contributed by atoms with van der Waals surface area (Å²) in [5.74, 6) is 0.0149. The van der Waals surface area contributed by atoms with E-state index in [1.807, 2.05) is 6.92 Å².